The van der Waals surface area contributed by atoms with E-state index in [1.165, 1.54) is 6.33 Å². The zero-order valence-electron chi connectivity index (χ0n) is 8.86. The highest BCUT2D eigenvalue weighted by atomic mass is 16.5. The van der Waals surface area contributed by atoms with Gasteiger partial charge < -0.3 is 21.1 Å². The van der Waals surface area contributed by atoms with Gasteiger partial charge in [-0.3, -0.25) is 0 Å². The third-order valence-electron chi connectivity index (χ3n) is 1.73. The standard InChI is InChI=1S/C9H17N5O/c1-15-5-4-12-9-6-8(11-3-2-10)13-7-14-9/h6-7H,2-5,10H2,1H3,(H2,11,12,13,14). The third-order valence-corrected chi connectivity index (χ3v) is 1.73. The molecule has 6 nitrogen and oxygen atoms in total. The van der Waals surface area contributed by atoms with Crippen LogP contribution >= 0.6 is 0 Å². The largest absolute Gasteiger partial charge is 0.383 e. The van der Waals surface area contributed by atoms with E-state index in [1.807, 2.05) is 6.07 Å². The van der Waals surface area contributed by atoms with Crippen molar-refractivity contribution >= 4 is 11.6 Å². The minimum Gasteiger partial charge on any atom is -0.383 e. The number of methoxy groups -OCH3 is 1. The summed E-state index contributed by atoms with van der Waals surface area (Å²) in [4.78, 5) is 8.13. The molecule has 84 valence electrons. The molecule has 0 aliphatic rings. The van der Waals surface area contributed by atoms with Gasteiger partial charge >= 0.3 is 0 Å². The molecule has 0 aromatic carbocycles. The van der Waals surface area contributed by atoms with Crippen molar-refractivity contribution in [2.45, 2.75) is 0 Å². The molecule has 0 saturated carbocycles. The van der Waals surface area contributed by atoms with Gasteiger partial charge in [-0.1, -0.05) is 0 Å². The van der Waals surface area contributed by atoms with Crippen LogP contribution in [0.15, 0.2) is 12.4 Å². The number of nitrogens with zero attached hydrogens (tertiary/aromatic N) is 2. The summed E-state index contributed by atoms with van der Waals surface area (Å²) in [6.07, 6.45) is 1.51. The Labute approximate surface area is 89.2 Å². The monoisotopic (exact) mass is 211 g/mol. The highest BCUT2D eigenvalue weighted by Crippen LogP contribution is 2.07. The van der Waals surface area contributed by atoms with E-state index >= 15 is 0 Å². The molecular formula is C9H17N5O. The molecule has 1 heterocycles. The average molecular weight is 211 g/mol. The van der Waals surface area contributed by atoms with Crippen LogP contribution < -0.4 is 16.4 Å². The summed E-state index contributed by atoms with van der Waals surface area (Å²) in [5.74, 6) is 1.55. The Balaban J connectivity index is 2.42. The zero-order valence-corrected chi connectivity index (χ0v) is 8.86. The lowest BCUT2D eigenvalue weighted by molar-refractivity contribution is 0.210. The summed E-state index contributed by atoms with van der Waals surface area (Å²) in [6, 6.07) is 1.84. The molecule has 0 spiro atoms. The van der Waals surface area contributed by atoms with Crippen molar-refractivity contribution in [2.75, 3.05) is 44.0 Å². The van der Waals surface area contributed by atoms with Gasteiger partial charge in [-0.15, -0.1) is 0 Å². The molecule has 0 saturated heterocycles. The Bertz CT molecular complexity index is 281. The molecule has 0 unspecified atom stereocenters. The SMILES string of the molecule is COCCNc1cc(NCCN)ncn1. The summed E-state index contributed by atoms with van der Waals surface area (Å²) < 4.78 is 4.92. The maximum Gasteiger partial charge on any atom is 0.131 e. The lowest BCUT2D eigenvalue weighted by Crippen LogP contribution is -2.14. The topological polar surface area (TPSA) is 85.1 Å². The molecule has 15 heavy (non-hydrogen) atoms. The molecule has 0 bridgehead atoms. The molecule has 0 aliphatic heterocycles. The van der Waals surface area contributed by atoms with Crippen molar-refractivity contribution < 1.29 is 4.74 Å². The minimum atomic E-state index is 0.580. The van der Waals surface area contributed by atoms with Crippen LogP contribution in [0.25, 0.3) is 0 Å². The van der Waals surface area contributed by atoms with E-state index in [1.54, 1.807) is 7.11 Å². The van der Waals surface area contributed by atoms with Crippen molar-refractivity contribution in [3.63, 3.8) is 0 Å². The molecule has 0 fully saturated rings. The van der Waals surface area contributed by atoms with Gasteiger partial charge in [0.2, 0.25) is 0 Å². The van der Waals surface area contributed by atoms with E-state index < -0.39 is 0 Å². The van der Waals surface area contributed by atoms with E-state index in [2.05, 4.69) is 20.6 Å². The Morgan fingerprint density at radius 1 is 1.27 bits per heavy atom. The van der Waals surface area contributed by atoms with Crippen LogP contribution in [0.3, 0.4) is 0 Å². The fraction of sp³-hybridized carbons (Fsp3) is 0.556. The highest BCUT2D eigenvalue weighted by Gasteiger charge is 1.96. The van der Waals surface area contributed by atoms with Crippen molar-refractivity contribution in [3.8, 4) is 0 Å². The average Bonchev–Trinajstić information content (AvgIpc) is 2.27. The summed E-state index contributed by atoms with van der Waals surface area (Å²) >= 11 is 0. The predicted molar refractivity (Wildman–Crippen MR) is 59.9 cm³/mol. The fourth-order valence-corrected chi connectivity index (χ4v) is 1.03. The second-order valence-corrected chi connectivity index (χ2v) is 2.92. The van der Waals surface area contributed by atoms with Crippen LogP contribution in [0.1, 0.15) is 0 Å². The number of aromatic nitrogens is 2. The first-order valence-corrected chi connectivity index (χ1v) is 4.85. The van der Waals surface area contributed by atoms with Crippen LogP contribution in [0, 0.1) is 0 Å². The molecule has 6 heteroatoms. The van der Waals surface area contributed by atoms with Crippen molar-refractivity contribution in [3.05, 3.63) is 12.4 Å². The summed E-state index contributed by atoms with van der Waals surface area (Å²) in [6.45, 7) is 2.66. The maximum absolute atomic E-state index is 5.37. The lowest BCUT2D eigenvalue weighted by atomic mass is 10.5. The number of rotatable bonds is 7. The number of ether oxygens (including phenoxy) is 1. The fourth-order valence-electron chi connectivity index (χ4n) is 1.03. The number of nitrogens with one attached hydrogen (secondary N) is 2. The van der Waals surface area contributed by atoms with Gasteiger partial charge in [-0.2, -0.15) is 0 Å². The van der Waals surface area contributed by atoms with Crippen molar-refractivity contribution in [1.82, 2.24) is 9.97 Å². The first-order chi connectivity index (χ1) is 7.36. The lowest BCUT2D eigenvalue weighted by Gasteiger charge is -2.07. The maximum atomic E-state index is 5.37. The van der Waals surface area contributed by atoms with Crippen molar-refractivity contribution in [2.24, 2.45) is 5.73 Å². The van der Waals surface area contributed by atoms with Crippen LogP contribution in [0.2, 0.25) is 0 Å². The van der Waals surface area contributed by atoms with Gasteiger partial charge in [0.05, 0.1) is 6.61 Å². The Morgan fingerprint density at radius 2 is 1.93 bits per heavy atom. The van der Waals surface area contributed by atoms with E-state index in [0.717, 1.165) is 18.2 Å². The first kappa shape index (κ1) is 11.7. The van der Waals surface area contributed by atoms with Crippen LogP contribution in [-0.4, -0.2) is 43.3 Å². The predicted octanol–water partition coefficient (Wildman–Crippen LogP) is -0.0945. The van der Waals surface area contributed by atoms with E-state index in [9.17, 15) is 0 Å². The molecule has 0 amide bonds. The summed E-state index contributed by atoms with van der Waals surface area (Å²) in [5.41, 5.74) is 5.37. The molecule has 0 radical (unpaired) electrons. The second-order valence-electron chi connectivity index (χ2n) is 2.92. The molecule has 1 rings (SSSR count). The zero-order chi connectivity index (χ0) is 10.9. The van der Waals surface area contributed by atoms with E-state index in [4.69, 9.17) is 10.5 Å². The van der Waals surface area contributed by atoms with Gasteiger partial charge in [0.15, 0.2) is 0 Å². The summed E-state index contributed by atoms with van der Waals surface area (Å²) in [7, 11) is 1.66. The van der Waals surface area contributed by atoms with Gasteiger partial charge in [0.25, 0.3) is 0 Å². The Kier molecular flexibility index (Phi) is 5.42. The number of hydrogen-bond acceptors (Lipinski definition) is 6. The van der Waals surface area contributed by atoms with Crippen LogP contribution in [0.5, 0.6) is 0 Å². The van der Waals surface area contributed by atoms with Crippen LogP contribution in [-0.2, 0) is 4.74 Å². The molecule has 1 aromatic rings. The normalized spacial score (nSPS) is 10.0. The highest BCUT2D eigenvalue weighted by molar-refractivity contribution is 5.46. The van der Waals surface area contributed by atoms with Gasteiger partial charge in [0.1, 0.15) is 18.0 Å². The second kappa shape index (κ2) is 6.97. The van der Waals surface area contributed by atoms with Crippen molar-refractivity contribution in [1.29, 1.82) is 0 Å². The third kappa shape index (κ3) is 4.57. The quantitative estimate of drug-likeness (QED) is 0.546. The Hall–Kier alpha value is -1.40. The van der Waals surface area contributed by atoms with Gasteiger partial charge in [0, 0.05) is 32.8 Å². The summed E-state index contributed by atoms with van der Waals surface area (Å²) in [5, 5.41) is 6.19. The minimum absolute atomic E-state index is 0.580. The number of hydrogen-bond donors (Lipinski definition) is 3. The van der Waals surface area contributed by atoms with E-state index in [0.29, 0.717) is 19.7 Å². The van der Waals surface area contributed by atoms with Gasteiger partial charge in [-0.05, 0) is 0 Å². The van der Waals surface area contributed by atoms with Crippen LogP contribution in [0.4, 0.5) is 11.6 Å². The molecule has 0 aliphatic carbocycles. The smallest absolute Gasteiger partial charge is 0.131 e. The molecule has 0 atom stereocenters. The molecule has 1 aromatic heterocycles. The number of anilines is 2. The first-order valence-electron chi connectivity index (χ1n) is 4.85. The van der Waals surface area contributed by atoms with E-state index in [-0.39, 0.29) is 0 Å². The molecular weight excluding hydrogens is 194 g/mol. The van der Waals surface area contributed by atoms with Gasteiger partial charge in [-0.25, -0.2) is 9.97 Å². The molecule has 4 N–H and O–H groups in total. The number of nitrogens with two attached hydrogens (primary N) is 1. The Morgan fingerprint density at radius 3 is 2.53 bits per heavy atom.